The molecule has 0 amide bonds. The molecule has 0 spiro atoms. The van der Waals surface area contributed by atoms with Crippen molar-refractivity contribution in [2.45, 2.75) is 10.6 Å². The molecular weight excluding hydrogens is 288 g/mol. The fourth-order valence-corrected chi connectivity index (χ4v) is 2.98. The van der Waals surface area contributed by atoms with Crippen LogP contribution in [0.1, 0.15) is 5.69 Å². The molecule has 6 nitrogen and oxygen atoms in total. The number of pyridine rings is 1. The molecule has 0 atom stereocenters. The van der Waals surface area contributed by atoms with Crippen molar-refractivity contribution in [2.75, 3.05) is 5.73 Å². The number of fused-ring (bicyclic) bond motifs is 1. The predicted molar refractivity (Wildman–Crippen MR) is 82.3 cm³/mol. The molecule has 2 heterocycles. The van der Waals surface area contributed by atoms with E-state index < -0.39 is 4.92 Å². The van der Waals surface area contributed by atoms with Gasteiger partial charge in [0.1, 0.15) is 5.69 Å². The van der Waals surface area contributed by atoms with Gasteiger partial charge in [-0.1, -0.05) is 18.2 Å². The average Bonchev–Trinajstić information content (AvgIpc) is 2.85. The van der Waals surface area contributed by atoms with Crippen molar-refractivity contribution in [1.29, 1.82) is 0 Å². The van der Waals surface area contributed by atoms with Crippen LogP contribution in [0.4, 0.5) is 11.5 Å². The maximum atomic E-state index is 11.3. The normalized spacial score (nSPS) is 10.9. The Hall–Kier alpha value is -2.54. The van der Waals surface area contributed by atoms with E-state index in [1.807, 2.05) is 18.2 Å². The highest BCUT2D eigenvalue weighted by Crippen LogP contribution is 2.31. The van der Waals surface area contributed by atoms with Crippen LogP contribution in [-0.2, 0) is 5.75 Å². The summed E-state index contributed by atoms with van der Waals surface area (Å²) in [7, 11) is 0. The van der Waals surface area contributed by atoms with E-state index in [0.29, 0.717) is 22.8 Å². The summed E-state index contributed by atoms with van der Waals surface area (Å²) in [5, 5.41) is 11.3. The summed E-state index contributed by atoms with van der Waals surface area (Å²) in [6, 6.07) is 12.7. The second-order valence-electron chi connectivity index (χ2n) is 4.39. The molecule has 0 radical (unpaired) electrons. The molecule has 2 N–H and O–H groups in total. The summed E-state index contributed by atoms with van der Waals surface area (Å²) in [5.74, 6) is 0.402. The van der Waals surface area contributed by atoms with Crippen molar-refractivity contribution in [3.05, 3.63) is 64.5 Å². The van der Waals surface area contributed by atoms with Gasteiger partial charge < -0.3 is 15.8 Å². The summed E-state index contributed by atoms with van der Waals surface area (Å²) in [4.78, 5) is 16.1. The first-order chi connectivity index (χ1) is 10.2. The zero-order chi connectivity index (χ0) is 14.8. The number of nitrogens with zero attached hydrogens (tertiary/aromatic N) is 3. The average molecular weight is 300 g/mol. The van der Waals surface area contributed by atoms with Crippen LogP contribution in [-0.4, -0.2) is 14.3 Å². The summed E-state index contributed by atoms with van der Waals surface area (Å²) >= 11 is 1.44. The van der Waals surface area contributed by atoms with E-state index in [0.717, 1.165) is 4.90 Å². The van der Waals surface area contributed by atoms with E-state index in [-0.39, 0.29) is 5.82 Å². The second kappa shape index (κ2) is 5.45. The molecule has 0 aliphatic rings. The van der Waals surface area contributed by atoms with Crippen LogP contribution < -0.4 is 5.73 Å². The van der Waals surface area contributed by atoms with Gasteiger partial charge >= 0.3 is 5.82 Å². The number of imidazole rings is 1. The number of thioether (sulfide) groups is 1. The number of nitrogen functional groups attached to an aromatic ring is 1. The summed E-state index contributed by atoms with van der Waals surface area (Å²) in [5.41, 5.74) is 7.55. The monoisotopic (exact) mass is 300 g/mol. The van der Waals surface area contributed by atoms with Gasteiger partial charge in [-0.25, -0.2) is 4.98 Å². The van der Waals surface area contributed by atoms with Gasteiger partial charge in [0.05, 0.1) is 6.20 Å². The van der Waals surface area contributed by atoms with Gasteiger partial charge in [-0.3, -0.25) is 0 Å². The highest BCUT2D eigenvalue weighted by atomic mass is 32.2. The van der Waals surface area contributed by atoms with Gasteiger partial charge in [0.15, 0.2) is 0 Å². The first-order valence-corrected chi connectivity index (χ1v) is 7.23. The Morgan fingerprint density at radius 1 is 1.24 bits per heavy atom. The molecule has 0 fully saturated rings. The highest BCUT2D eigenvalue weighted by Gasteiger charge is 2.22. The van der Waals surface area contributed by atoms with Crippen molar-refractivity contribution in [3.63, 3.8) is 0 Å². The molecule has 3 rings (SSSR count). The first-order valence-electron chi connectivity index (χ1n) is 6.24. The minimum absolute atomic E-state index is 0.00704. The molecule has 106 valence electrons. The molecule has 1 aromatic carbocycles. The van der Waals surface area contributed by atoms with Crippen LogP contribution in [0.2, 0.25) is 0 Å². The SMILES string of the molecule is Nc1ccccc1SCc1nc2ccccn2c1[N+](=O)[O-]. The molecule has 0 saturated heterocycles. The predicted octanol–water partition coefficient (Wildman–Crippen LogP) is 3.12. The lowest BCUT2D eigenvalue weighted by Crippen LogP contribution is -1.97. The fourth-order valence-electron chi connectivity index (χ4n) is 2.08. The van der Waals surface area contributed by atoms with Crippen molar-refractivity contribution in [1.82, 2.24) is 9.38 Å². The van der Waals surface area contributed by atoms with E-state index in [1.54, 1.807) is 30.5 Å². The molecule has 0 bridgehead atoms. The zero-order valence-electron chi connectivity index (χ0n) is 11.0. The lowest BCUT2D eigenvalue weighted by molar-refractivity contribution is -0.391. The Balaban J connectivity index is 1.95. The van der Waals surface area contributed by atoms with E-state index in [9.17, 15) is 10.1 Å². The van der Waals surface area contributed by atoms with Crippen LogP contribution in [0.3, 0.4) is 0 Å². The Bertz CT molecular complexity index is 816. The third kappa shape index (κ3) is 2.55. The lowest BCUT2D eigenvalue weighted by Gasteiger charge is -2.03. The summed E-state index contributed by atoms with van der Waals surface area (Å²) < 4.78 is 1.49. The minimum Gasteiger partial charge on any atom is -0.398 e. The Labute approximate surface area is 124 Å². The van der Waals surface area contributed by atoms with E-state index in [4.69, 9.17) is 5.73 Å². The number of anilines is 1. The summed E-state index contributed by atoms with van der Waals surface area (Å²) in [6.45, 7) is 0. The van der Waals surface area contributed by atoms with Gasteiger partial charge in [-0.05, 0) is 23.1 Å². The number of nitro groups is 1. The first kappa shape index (κ1) is 13.4. The second-order valence-corrected chi connectivity index (χ2v) is 5.41. The van der Waals surface area contributed by atoms with E-state index in [2.05, 4.69) is 4.98 Å². The lowest BCUT2D eigenvalue weighted by atomic mass is 10.3. The van der Waals surface area contributed by atoms with Gasteiger partial charge in [-0.15, -0.1) is 11.8 Å². The van der Waals surface area contributed by atoms with Crippen LogP contribution in [0.15, 0.2) is 53.6 Å². The smallest absolute Gasteiger partial charge is 0.351 e. The Morgan fingerprint density at radius 3 is 2.76 bits per heavy atom. The maximum Gasteiger partial charge on any atom is 0.351 e. The molecule has 7 heteroatoms. The number of para-hydroxylation sites is 1. The van der Waals surface area contributed by atoms with Crippen LogP contribution in [0.5, 0.6) is 0 Å². The third-order valence-corrected chi connectivity index (χ3v) is 4.13. The van der Waals surface area contributed by atoms with E-state index in [1.165, 1.54) is 16.2 Å². The number of hydrogen-bond acceptors (Lipinski definition) is 5. The van der Waals surface area contributed by atoms with E-state index >= 15 is 0 Å². The molecule has 3 aromatic rings. The fraction of sp³-hybridized carbons (Fsp3) is 0.0714. The van der Waals surface area contributed by atoms with Gasteiger partial charge in [0.25, 0.3) is 0 Å². The van der Waals surface area contributed by atoms with Crippen LogP contribution >= 0.6 is 11.8 Å². The Kier molecular flexibility index (Phi) is 3.49. The topological polar surface area (TPSA) is 86.5 Å². The highest BCUT2D eigenvalue weighted by molar-refractivity contribution is 7.98. The van der Waals surface area contributed by atoms with Crippen LogP contribution in [0, 0.1) is 10.1 Å². The zero-order valence-corrected chi connectivity index (χ0v) is 11.8. The van der Waals surface area contributed by atoms with Gasteiger partial charge in [-0.2, -0.15) is 4.40 Å². The largest absolute Gasteiger partial charge is 0.398 e. The Morgan fingerprint density at radius 2 is 2.00 bits per heavy atom. The van der Waals surface area contributed by atoms with Gasteiger partial charge in [0, 0.05) is 22.4 Å². The van der Waals surface area contributed by atoms with Crippen LogP contribution in [0.25, 0.3) is 5.65 Å². The number of hydrogen-bond donors (Lipinski definition) is 1. The van der Waals surface area contributed by atoms with Crippen molar-refractivity contribution >= 4 is 28.9 Å². The molecule has 0 aliphatic heterocycles. The number of rotatable bonds is 4. The third-order valence-electron chi connectivity index (χ3n) is 3.03. The maximum absolute atomic E-state index is 11.3. The summed E-state index contributed by atoms with van der Waals surface area (Å²) in [6.07, 6.45) is 1.64. The molecule has 0 unspecified atom stereocenters. The standard InChI is InChI=1S/C14H12N4O2S/c15-10-5-1-2-6-12(10)21-9-11-14(18(19)20)17-8-4-3-7-13(17)16-11/h1-8H,9,15H2. The van der Waals surface area contributed by atoms with Crippen molar-refractivity contribution in [3.8, 4) is 0 Å². The molecule has 21 heavy (non-hydrogen) atoms. The quantitative estimate of drug-likeness (QED) is 0.346. The van der Waals surface area contributed by atoms with Gasteiger partial charge in [0.2, 0.25) is 5.65 Å². The molecular formula is C14H12N4O2S. The van der Waals surface area contributed by atoms with Crippen molar-refractivity contribution in [2.24, 2.45) is 0 Å². The molecule has 2 aromatic heterocycles. The minimum atomic E-state index is -0.399. The number of benzene rings is 1. The number of aromatic nitrogens is 2. The molecule has 0 aliphatic carbocycles. The molecule has 0 saturated carbocycles. The van der Waals surface area contributed by atoms with Crippen molar-refractivity contribution < 1.29 is 4.92 Å². The number of nitrogens with two attached hydrogens (primary N) is 1.